The molecular formula is C19H30ClFN6. The van der Waals surface area contributed by atoms with E-state index in [2.05, 4.69) is 46.1 Å². The zero-order valence-corrected chi connectivity index (χ0v) is 17.2. The average Bonchev–Trinajstić information content (AvgIpc) is 3.09. The van der Waals surface area contributed by atoms with Crippen LogP contribution in [0.3, 0.4) is 0 Å². The Balaban J connectivity index is 0.00000261. The summed E-state index contributed by atoms with van der Waals surface area (Å²) in [6.45, 7) is 12.6. The summed E-state index contributed by atoms with van der Waals surface area (Å²) in [5, 5.41) is 12.5. The molecule has 0 bridgehead atoms. The van der Waals surface area contributed by atoms with Crippen LogP contribution in [0.4, 0.5) is 4.39 Å². The Hall–Kier alpha value is -1.57. The van der Waals surface area contributed by atoms with Crippen molar-refractivity contribution in [2.75, 3.05) is 32.7 Å². The number of piperazine rings is 1. The van der Waals surface area contributed by atoms with Crippen molar-refractivity contribution in [3.63, 3.8) is 0 Å². The fourth-order valence-electron chi connectivity index (χ4n) is 3.58. The van der Waals surface area contributed by atoms with Gasteiger partial charge in [0.1, 0.15) is 5.82 Å². The summed E-state index contributed by atoms with van der Waals surface area (Å²) in [5.74, 6) is 1.24. The Morgan fingerprint density at radius 1 is 1.07 bits per heavy atom. The van der Waals surface area contributed by atoms with Crippen LogP contribution in [0.25, 0.3) is 0 Å². The minimum absolute atomic E-state index is 0. The zero-order valence-electron chi connectivity index (χ0n) is 16.4. The third kappa shape index (κ3) is 5.70. The van der Waals surface area contributed by atoms with Gasteiger partial charge < -0.3 is 4.90 Å². The SMILES string of the molecule is CCN1CCN(C(CC(C)C)c2nnnn2Cc2ccc(F)cc2)CC1.Cl. The van der Waals surface area contributed by atoms with Crippen LogP contribution < -0.4 is 0 Å². The Labute approximate surface area is 167 Å². The van der Waals surface area contributed by atoms with Crippen molar-refractivity contribution in [2.24, 2.45) is 5.92 Å². The highest BCUT2D eigenvalue weighted by molar-refractivity contribution is 5.85. The highest BCUT2D eigenvalue weighted by Gasteiger charge is 2.29. The lowest BCUT2D eigenvalue weighted by molar-refractivity contribution is 0.0834. The van der Waals surface area contributed by atoms with Gasteiger partial charge in [-0.3, -0.25) is 4.90 Å². The van der Waals surface area contributed by atoms with Crippen LogP contribution in [0.2, 0.25) is 0 Å². The van der Waals surface area contributed by atoms with E-state index in [0.29, 0.717) is 12.5 Å². The summed E-state index contributed by atoms with van der Waals surface area (Å²) < 4.78 is 15.0. The van der Waals surface area contributed by atoms with Gasteiger partial charge in [-0.15, -0.1) is 17.5 Å². The number of hydrogen-bond acceptors (Lipinski definition) is 5. The van der Waals surface area contributed by atoms with Gasteiger partial charge in [-0.2, -0.15) is 0 Å². The molecular weight excluding hydrogens is 367 g/mol. The Bertz CT molecular complexity index is 682. The first kappa shape index (κ1) is 21.7. The number of likely N-dealkylation sites (N-methyl/N-ethyl adjacent to an activating group) is 1. The number of aromatic nitrogens is 4. The summed E-state index contributed by atoms with van der Waals surface area (Å²) in [6, 6.07) is 6.75. The maximum atomic E-state index is 13.2. The molecule has 1 aliphatic rings. The van der Waals surface area contributed by atoms with E-state index in [9.17, 15) is 4.39 Å². The van der Waals surface area contributed by atoms with Gasteiger partial charge in [0.25, 0.3) is 0 Å². The number of halogens is 2. The molecule has 0 saturated carbocycles. The first-order valence-corrected chi connectivity index (χ1v) is 9.53. The van der Waals surface area contributed by atoms with Crippen LogP contribution in [0, 0.1) is 11.7 Å². The molecule has 1 fully saturated rings. The van der Waals surface area contributed by atoms with Crippen LogP contribution in [0.1, 0.15) is 44.6 Å². The second-order valence-corrected chi connectivity index (χ2v) is 7.44. The molecule has 0 N–H and O–H groups in total. The summed E-state index contributed by atoms with van der Waals surface area (Å²) in [6.07, 6.45) is 1.02. The Kier molecular flexibility index (Phi) is 8.13. The molecule has 0 aliphatic carbocycles. The van der Waals surface area contributed by atoms with Gasteiger partial charge in [-0.05, 0) is 47.0 Å². The normalized spacial score (nSPS) is 17.1. The van der Waals surface area contributed by atoms with Gasteiger partial charge in [-0.1, -0.05) is 32.9 Å². The summed E-state index contributed by atoms with van der Waals surface area (Å²) in [5.41, 5.74) is 0.999. The lowest BCUT2D eigenvalue weighted by Crippen LogP contribution is -2.48. The maximum absolute atomic E-state index is 13.2. The molecule has 1 aromatic carbocycles. The molecule has 6 nitrogen and oxygen atoms in total. The smallest absolute Gasteiger partial charge is 0.168 e. The number of tetrazole rings is 1. The second-order valence-electron chi connectivity index (χ2n) is 7.44. The van der Waals surface area contributed by atoms with Crippen molar-refractivity contribution in [3.8, 4) is 0 Å². The summed E-state index contributed by atoms with van der Waals surface area (Å²) in [4.78, 5) is 4.99. The molecule has 2 heterocycles. The van der Waals surface area contributed by atoms with Gasteiger partial charge in [0.15, 0.2) is 5.82 Å². The van der Waals surface area contributed by atoms with E-state index in [-0.39, 0.29) is 24.3 Å². The Morgan fingerprint density at radius 2 is 1.74 bits per heavy atom. The van der Waals surface area contributed by atoms with E-state index in [4.69, 9.17) is 0 Å². The molecule has 1 atom stereocenters. The average molecular weight is 397 g/mol. The summed E-state index contributed by atoms with van der Waals surface area (Å²) >= 11 is 0. The van der Waals surface area contributed by atoms with Crippen molar-refractivity contribution in [1.29, 1.82) is 0 Å². The van der Waals surface area contributed by atoms with Crippen molar-refractivity contribution in [2.45, 2.75) is 39.8 Å². The number of nitrogens with zero attached hydrogens (tertiary/aromatic N) is 6. The highest BCUT2D eigenvalue weighted by atomic mass is 35.5. The van der Waals surface area contributed by atoms with Gasteiger partial charge in [0.05, 0.1) is 12.6 Å². The van der Waals surface area contributed by atoms with Gasteiger partial charge in [0, 0.05) is 26.2 Å². The van der Waals surface area contributed by atoms with Gasteiger partial charge in [0.2, 0.25) is 0 Å². The molecule has 0 amide bonds. The molecule has 0 spiro atoms. The molecule has 3 rings (SSSR count). The van der Waals surface area contributed by atoms with Crippen molar-refractivity contribution in [1.82, 2.24) is 30.0 Å². The molecule has 1 aliphatic heterocycles. The zero-order chi connectivity index (χ0) is 18.5. The minimum atomic E-state index is -0.225. The lowest BCUT2D eigenvalue weighted by Gasteiger charge is -2.39. The number of hydrogen-bond donors (Lipinski definition) is 0. The van der Waals surface area contributed by atoms with E-state index in [0.717, 1.165) is 50.5 Å². The van der Waals surface area contributed by atoms with E-state index in [1.54, 1.807) is 12.1 Å². The largest absolute Gasteiger partial charge is 0.301 e. The van der Waals surface area contributed by atoms with E-state index in [1.165, 1.54) is 12.1 Å². The Morgan fingerprint density at radius 3 is 2.33 bits per heavy atom. The van der Waals surface area contributed by atoms with Crippen LogP contribution in [0.15, 0.2) is 24.3 Å². The van der Waals surface area contributed by atoms with Crippen molar-refractivity contribution < 1.29 is 4.39 Å². The molecule has 1 saturated heterocycles. The molecule has 8 heteroatoms. The van der Waals surface area contributed by atoms with Crippen LogP contribution in [-0.4, -0.2) is 62.7 Å². The minimum Gasteiger partial charge on any atom is -0.301 e. The molecule has 2 aromatic rings. The predicted molar refractivity (Wildman–Crippen MR) is 106 cm³/mol. The topological polar surface area (TPSA) is 50.1 Å². The van der Waals surface area contributed by atoms with Crippen molar-refractivity contribution in [3.05, 3.63) is 41.5 Å². The fraction of sp³-hybridized carbons (Fsp3) is 0.632. The molecule has 1 unspecified atom stereocenters. The lowest BCUT2D eigenvalue weighted by atomic mass is 10.0. The number of benzene rings is 1. The van der Waals surface area contributed by atoms with Crippen LogP contribution in [0.5, 0.6) is 0 Å². The van der Waals surface area contributed by atoms with E-state index < -0.39 is 0 Å². The molecule has 0 radical (unpaired) electrons. The first-order valence-electron chi connectivity index (χ1n) is 9.53. The number of rotatable bonds is 7. The van der Waals surface area contributed by atoms with Crippen LogP contribution >= 0.6 is 12.4 Å². The van der Waals surface area contributed by atoms with E-state index >= 15 is 0 Å². The van der Waals surface area contributed by atoms with Gasteiger partial charge in [-0.25, -0.2) is 9.07 Å². The second kappa shape index (κ2) is 10.1. The van der Waals surface area contributed by atoms with Crippen LogP contribution in [-0.2, 0) is 6.54 Å². The highest BCUT2D eigenvalue weighted by Crippen LogP contribution is 2.27. The maximum Gasteiger partial charge on any atom is 0.168 e. The predicted octanol–water partition coefficient (Wildman–Crippen LogP) is 3.01. The molecule has 150 valence electrons. The monoisotopic (exact) mass is 396 g/mol. The fourth-order valence-corrected chi connectivity index (χ4v) is 3.58. The standard InChI is InChI=1S/C19H29FN6.ClH/c1-4-24-9-11-25(12-10-24)18(13-15(2)3)19-21-22-23-26(19)14-16-5-7-17(20)8-6-16;/h5-8,15,18H,4,9-14H2,1-3H3;1H. The third-order valence-electron chi connectivity index (χ3n) is 5.09. The summed E-state index contributed by atoms with van der Waals surface area (Å²) in [7, 11) is 0. The third-order valence-corrected chi connectivity index (χ3v) is 5.09. The molecule has 1 aromatic heterocycles. The van der Waals surface area contributed by atoms with Crippen molar-refractivity contribution >= 4 is 12.4 Å². The first-order chi connectivity index (χ1) is 12.6. The molecule has 27 heavy (non-hydrogen) atoms. The van der Waals surface area contributed by atoms with E-state index in [1.807, 2.05) is 4.68 Å². The van der Waals surface area contributed by atoms with Gasteiger partial charge >= 0.3 is 0 Å². The quantitative estimate of drug-likeness (QED) is 0.720.